The average Bonchev–Trinajstić information content (AvgIpc) is 2.07. The Balaban J connectivity index is 2.77. The maximum atomic E-state index is 10.3. The summed E-state index contributed by atoms with van der Waals surface area (Å²) in [6.45, 7) is 3.97. The van der Waals surface area contributed by atoms with E-state index in [2.05, 4.69) is 4.98 Å². The van der Waals surface area contributed by atoms with Crippen LogP contribution in [0.2, 0.25) is 0 Å². The Morgan fingerprint density at radius 2 is 2.23 bits per heavy atom. The normalized spacial score (nSPS) is 10.0. The number of pyridine rings is 1. The van der Waals surface area contributed by atoms with E-state index in [1.54, 1.807) is 6.20 Å². The lowest BCUT2D eigenvalue weighted by Crippen LogP contribution is -2.01. The summed E-state index contributed by atoms with van der Waals surface area (Å²) >= 11 is 0. The maximum Gasteiger partial charge on any atom is 0.303 e. The third-order valence-corrected chi connectivity index (χ3v) is 2.15. The van der Waals surface area contributed by atoms with Gasteiger partial charge >= 0.3 is 5.97 Å². The molecule has 3 heteroatoms. The van der Waals surface area contributed by atoms with Gasteiger partial charge in [0.25, 0.3) is 0 Å². The van der Waals surface area contributed by atoms with Gasteiger partial charge in [-0.15, -0.1) is 0 Å². The van der Waals surface area contributed by atoms with Crippen LogP contribution in [0.15, 0.2) is 12.3 Å². The monoisotopic (exact) mass is 179 g/mol. The first-order valence-electron chi connectivity index (χ1n) is 4.24. The lowest BCUT2D eigenvalue weighted by molar-refractivity contribution is -0.136. The SMILES string of the molecule is Cc1ccnc(CCC(=O)O)c1C. The molecule has 3 nitrogen and oxygen atoms in total. The number of aromatic nitrogens is 1. The number of hydrogen-bond donors (Lipinski definition) is 1. The molecule has 0 aliphatic rings. The number of aryl methyl sites for hydroxylation is 2. The highest BCUT2D eigenvalue weighted by Gasteiger charge is 2.04. The van der Waals surface area contributed by atoms with Crippen LogP contribution in [-0.2, 0) is 11.2 Å². The van der Waals surface area contributed by atoms with Gasteiger partial charge in [-0.2, -0.15) is 0 Å². The van der Waals surface area contributed by atoms with E-state index in [9.17, 15) is 4.79 Å². The van der Waals surface area contributed by atoms with Crippen LogP contribution in [0.4, 0.5) is 0 Å². The second kappa shape index (κ2) is 4.03. The summed E-state index contributed by atoms with van der Waals surface area (Å²) in [7, 11) is 0. The zero-order valence-corrected chi connectivity index (χ0v) is 7.87. The van der Waals surface area contributed by atoms with E-state index in [1.165, 1.54) is 0 Å². The molecule has 70 valence electrons. The molecule has 0 bridgehead atoms. The molecular weight excluding hydrogens is 166 g/mol. The Labute approximate surface area is 77.4 Å². The van der Waals surface area contributed by atoms with E-state index < -0.39 is 5.97 Å². The molecule has 1 heterocycles. The molecule has 0 fully saturated rings. The van der Waals surface area contributed by atoms with Crippen molar-refractivity contribution in [1.82, 2.24) is 4.98 Å². The van der Waals surface area contributed by atoms with E-state index >= 15 is 0 Å². The highest BCUT2D eigenvalue weighted by Crippen LogP contribution is 2.11. The summed E-state index contributed by atoms with van der Waals surface area (Å²) < 4.78 is 0. The van der Waals surface area contributed by atoms with Crippen molar-refractivity contribution < 1.29 is 9.90 Å². The zero-order chi connectivity index (χ0) is 9.84. The molecule has 1 N–H and O–H groups in total. The van der Waals surface area contributed by atoms with Crippen molar-refractivity contribution in [3.8, 4) is 0 Å². The Bertz CT molecular complexity index is 321. The third-order valence-electron chi connectivity index (χ3n) is 2.15. The molecule has 0 saturated carbocycles. The molecule has 1 aromatic heterocycles. The molecule has 0 amide bonds. The minimum absolute atomic E-state index is 0.150. The van der Waals surface area contributed by atoms with Gasteiger partial charge in [0.15, 0.2) is 0 Å². The number of nitrogens with zero attached hydrogens (tertiary/aromatic N) is 1. The van der Waals surface area contributed by atoms with Gasteiger partial charge in [-0.1, -0.05) is 0 Å². The quantitative estimate of drug-likeness (QED) is 0.768. The lowest BCUT2D eigenvalue weighted by atomic mass is 10.1. The highest BCUT2D eigenvalue weighted by molar-refractivity contribution is 5.67. The molecule has 13 heavy (non-hydrogen) atoms. The maximum absolute atomic E-state index is 10.3. The molecule has 0 aromatic carbocycles. The van der Waals surface area contributed by atoms with Gasteiger partial charge < -0.3 is 5.11 Å². The van der Waals surface area contributed by atoms with Crippen molar-refractivity contribution in [2.45, 2.75) is 26.7 Å². The van der Waals surface area contributed by atoms with Crippen molar-refractivity contribution in [3.05, 3.63) is 29.1 Å². The Kier molecular flexibility index (Phi) is 3.01. The van der Waals surface area contributed by atoms with Gasteiger partial charge in [-0.25, -0.2) is 0 Å². The van der Waals surface area contributed by atoms with Gasteiger partial charge in [0, 0.05) is 18.3 Å². The number of aliphatic carboxylic acids is 1. The minimum Gasteiger partial charge on any atom is -0.481 e. The van der Waals surface area contributed by atoms with E-state index in [0.717, 1.165) is 16.8 Å². The minimum atomic E-state index is -0.775. The molecule has 1 aromatic rings. The van der Waals surface area contributed by atoms with Crippen LogP contribution in [0, 0.1) is 13.8 Å². The summed E-state index contributed by atoms with van der Waals surface area (Å²) in [6.07, 6.45) is 2.39. The average molecular weight is 179 g/mol. The molecule has 1 rings (SSSR count). The first kappa shape index (κ1) is 9.71. The summed E-state index contributed by atoms with van der Waals surface area (Å²) in [5.74, 6) is -0.775. The summed E-state index contributed by atoms with van der Waals surface area (Å²) in [4.78, 5) is 14.5. The van der Waals surface area contributed by atoms with E-state index in [4.69, 9.17) is 5.11 Å². The van der Waals surface area contributed by atoms with Crippen molar-refractivity contribution in [3.63, 3.8) is 0 Å². The number of carboxylic acids is 1. The molecular formula is C10H13NO2. The van der Waals surface area contributed by atoms with Crippen molar-refractivity contribution in [2.75, 3.05) is 0 Å². The summed E-state index contributed by atoms with van der Waals surface area (Å²) in [6, 6.07) is 1.93. The predicted octanol–water partition coefficient (Wildman–Crippen LogP) is 1.72. The second-order valence-corrected chi connectivity index (χ2v) is 3.09. The fraction of sp³-hybridized carbons (Fsp3) is 0.400. The van der Waals surface area contributed by atoms with Crippen LogP contribution < -0.4 is 0 Å². The van der Waals surface area contributed by atoms with Crippen molar-refractivity contribution in [2.24, 2.45) is 0 Å². The van der Waals surface area contributed by atoms with Crippen LogP contribution in [0.1, 0.15) is 23.2 Å². The van der Waals surface area contributed by atoms with Crippen molar-refractivity contribution >= 4 is 5.97 Å². The molecule has 0 saturated heterocycles. The largest absolute Gasteiger partial charge is 0.481 e. The van der Waals surface area contributed by atoms with Gasteiger partial charge in [0.05, 0.1) is 6.42 Å². The second-order valence-electron chi connectivity index (χ2n) is 3.09. The van der Waals surface area contributed by atoms with Gasteiger partial charge in [0.2, 0.25) is 0 Å². The van der Waals surface area contributed by atoms with E-state index in [1.807, 2.05) is 19.9 Å². The molecule has 0 spiro atoms. The van der Waals surface area contributed by atoms with Crippen molar-refractivity contribution in [1.29, 1.82) is 0 Å². The topological polar surface area (TPSA) is 50.2 Å². The molecule has 0 unspecified atom stereocenters. The van der Waals surface area contributed by atoms with Crippen LogP contribution in [0.3, 0.4) is 0 Å². The number of hydrogen-bond acceptors (Lipinski definition) is 2. The fourth-order valence-electron chi connectivity index (χ4n) is 1.17. The number of carboxylic acid groups (broad SMARTS) is 1. The zero-order valence-electron chi connectivity index (χ0n) is 7.87. The van der Waals surface area contributed by atoms with E-state index in [-0.39, 0.29) is 6.42 Å². The molecule has 0 radical (unpaired) electrons. The van der Waals surface area contributed by atoms with Gasteiger partial charge in [-0.05, 0) is 31.0 Å². The smallest absolute Gasteiger partial charge is 0.303 e. The Morgan fingerprint density at radius 3 is 2.85 bits per heavy atom. The third kappa shape index (κ3) is 2.54. The lowest BCUT2D eigenvalue weighted by Gasteiger charge is -2.05. The first-order chi connectivity index (χ1) is 6.11. The summed E-state index contributed by atoms with van der Waals surface area (Å²) in [5.41, 5.74) is 3.15. The van der Waals surface area contributed by atoms with Crippen LogP contribution in [0.25, 0.3) is 0 Å². The molecule has 0 atom stereocenters. The van der Waals surface area contributed by atoms with Crippen LogP contribution >= 0.6 is 0 Å². The standard InChI is InChI=1S/C10H13NO2/c1-7-5-6-11-9(8(7)2)3-4-10(12)13/h5-6H,3-4H2,1-2H3,(H,12,13). The predicted molar refractivity (Wildman–Crippen MR) is 49.7 cm³/mol. The number of rotatable bonds is 3. The first-order valence-corrected chi connectivity index (χ1v) is 4.24. The molecule has 0 aliphatic heterocycles. The van der Waals surface area contributed by atoms with E-state index in [0.29, 0.717) is 6.42 Å². The Hall–Kier alpha value is -1.38. The summed E-state index contributed by atoms with van der Waals surface area (Å²) in [5, 5.41) is 8.51. The van der Waals surface area contributed by atoms with Crippen LogP contribution in [-0.4, -0.2) is 16.1 Å². The number of carbonyl (C=O) groups is 1. The molecule has 0 aliphatic carbocycles. The Morgan fingerprint density at radius 1 is 1.54 bits per heavy atom. The van der Waals surface area contributed by atoms with Crippen LogP contribution in [0.5, 0.6) is 0 Å². The highest BCUT2D eigenvalue weighted by atomic mass is 16.4. The van der Waals surface area contributed by atoms with Gasteiger partial charge in [0.1, 0.15) is 0 Å². The fourth-order valence-corrected chi connectivity index (χ4v) is 1.17. The van der Waals surface area contributed by atoms with Gasteiger partial charge in [-0.3, -0.25) is 9.78 Å².